The van der Waals surface area contributed by atoms with Crippen LogP contribution in [0.2, 0.25) is 0 Å². The van der Waals surface area contributed by atoms with Gasteiger partial charge in [-0.25, -0.2) is 0 Å². The van der Waals surface area contributed by atoms with Crippen molar-refractivity contribution < 1.29 is 9.59 Å². The maximum absolute atomic E-state index is 12.2. The van der Waals surface area contributed by atoms with E-state index in [0.29, 0.717) is 5.56 Å². The molecular formula is C16H10O2. The first kappa shape index (κ1) is 10.7. The number of benzene rings is 2. The van der Waals surface area contributed by atoms with Gasteiger partial charge in [0.05, 0.1) is 0 Å². The van der Waals surface area contributed by atoms with Crippen molar-refractivity contribution in [1.82, 2.24) is 0 Å². The van der Waals surface area contributed by atoms with Gasteiger partial charge in [-0.05, 0) is 28.8 Å². The van der Waals surface area contributed by atoms with Gasteiger partial charge in [0.1, 0.15) is 6.29 Å². The van der Waals surface area contributed by atoms with Gasteiger partial charge in [0, 0.05) is 11.1 Å². The van der Waals surface area contributed by atoms with Crippen molar-refractivity contribution in [2.24, 2.45) is 0 Å². The van der Waals surface area contributed by atoms with Crippen molar-refractivity contribution >= 4 is 18.1 Å². The van der Waals surface area contributed by atoms with E-state index in [4.69, 9.17) is 0 Å². The van der Waals surface area contributed by atoms with Crippen molar-refractivity contribution in [3.05, 3.63) is 65.2 Å². The zero-order valence-corrected chi connectivity index (χ0v) is 9.59. The van der Waals surface area contributed by atoms with Gasteiger partial charge in [0.15, 0.2) is 5.78 Å². The fourth-order valence-corrected chi connectivity index (χ4v) is 2.30. The monoisotopic (exact) mass is 234 g/mol. The number of allylic oxidation sites excluding steroid dienone is 1. The topological polar surface area (TPSA) is 34.1 Å². The first-order valence-corrected chi connectivity index (χ1v) is 5.71. The third-order valence-corrected chi connectivity index (χ3v) is 3.12. The zero-order valence-electron chi connectivity index (χ0n) is 9.59. The highest BCUT2D eigenvalue weighted by atomic mass is 16.1. The molecule has 0 N–H and O–H groups in total. The van der Waals surface area contributed by atoms with E-state index in [1.807, 2.05) is 42.5 Å². The van der Waals surface area contributed by atoms with Crippen LogP contribution in [0.3, 0.4) is 0 Å². The van der Waals surface area contributed by atoms with E-state index in [2.05, 4.69) is 0 Å². The number of hydrogen-bond acceptors (Lipinski definition) is 2. The first-order chi connectivity index (χ1) is 8.81. The largest absolute Gasteiger partial charge is 0.299 e. The Bertz CT molecular complexity index is 681. The second kappa shape index (κ2) is 4.08. The third-order valence-electron chi connectivity index (χ3n) is 3.12. The Morgan fingerprint density at radius 2 is 1.56 bits per heavy atom. The lowest BCUT2D eigenvalue weighted by atomic mass is 10.0. The molecule has 0 heterocycles. The molecule has 0 radical (unpaired) electrons. The zero-order chi connectivity index (χ0) is 12.5. The molecule has 2 nitrogen and oxygen atoms in total. The summed E-state index contributed by atoms with van der Waals surface area (Å²) >= 11 is 0. The molecule has 0 aliphatic heterocycles. The van der Waals surface area contributed by atoms with Crippen molar-refractivity contribution in [2.45, 2.75) is 0 Å². The SMILES string of the molecule is O=CC=Cc1ccc2c(c1)C(=O)c1ccccc1-2. The van der Waals surface area contributed by atoms with Crippen molar-refractivity contribution in [2.75, 3.05) is 0 Å². The molecule has 1 aliphatic rings. The third kappa shape index (κ3) is 1.51. The average Bonchev–Trinajstić information content (AvgIpc) is 2.71. The molecule has 0 spiro atoms. The van der Waals surface area contributed by atoms with Crippen molar-refractivity contribution in [3.63, 3.8) is 0 Å². The van der Waals surface area contributed by atoms with Gasteiger partial charge in [0.2, 0.25) is 0 Å². The summed E-state index contributed by atoms with van der Waals surface area (Å²) in [5, 5.41) is 0. The number of carbonyl (C=O) groups is 2. The number of ketones is 1. The summed E-state index contributed by atoms with van der Waals surface area (Å²) in [4.78, 5) is 22.5. The van der Waals surface area contributed by atoms with Gasteiger partial charge >= 0.3 is 0 Å². The quantitative estimate of drug-likeness (QED) is 0.504. The van der Waals surface area contributed by atoms with E-state index in [1.54, 1.807) is 6.08 Å². The Morgan fingerprint density at radius 3 is 2.33 bits per heavy atom. The average molecular weight is 234 g/mol. The number of carbonyl (C=O) groups excluding carboxylic acids is 2. The molecule has 0 bridgehead atoms. The Labute approximate surface area is 105 Å². The molecule has 2 aromatic rings. The molecule has 0 unspecified atom stereocenters. The highest BCUT2D eigenvalue weighted by molar-refractivity contribution is 6.21. The van der Waals surface area contributed by atoms with E-state index in [-0.39, 0.29) is 5.78 Å². The molecule has 2 aromatic carbocycles. The van der Waals surface area contributed by atoms with Crippen LogP contribution >= 0.6 is 0 Å². The minimum Gasteiger partial charge on any atom is -0.299 e. The molecule has 0 aromatic heterocycles. The number of hydrogen-bond donors (Lipinski definition) is 0. The summed E-state index contributed by atoms with van der Waals surface area (Å²) in [5.74, 6) is 0.0574. The molecule has 0 fully saturated rings. The molecule has 0 atom stereocenters. The normalized spacial score (nSPS) is 12.6. The maximum Gasteiger partial charge on any atom is 0.194 e. The van der Waals surface area contributed by atoms with Gasteiger partial charge in [-0.1, -0.05) is 42.5 Å². The molecule has 0 saturated carbocycles. The van der Waals surface area contributed by atoms with Crippen molar-refractivity contribution in [1.29, 1.82) is 0 Å². The predicted octanol–water partition coefficient (Wildman–Crippen LogP) is 3.11. The molecule has 3 rings (SSSR count). The van der Waals surface area contributed by atoms with Crippen LogP contribution in [0.5, 0.6) is 0 Å². The van der Waals surface area contributed by atoms with Gasteiger partial charge in [-0.15, -0.1) is 0 Å². The van der Waals surface area contributed by atoms with Crippen LogP contribution < -0.4 is 0 Å². The molecule has 0 saturated heterocycles. The summed E-state index contributed by atoms with van der Waals surface area (Å²) in [6.45, 7) is 0. The number of aldehydes is 1. The number of fused-ring (bicyclic) bond motifs is 3. The fraction of sp³-hybridized carbons (Fsp3) is 0. The lowest BCUT2D eigenvalue weighted by Crippen LogP contribution is -1.94. The summed E-state index contributed by atoms with van der Waals surface area (Å²) in [7, 11) is 0. The van der Waals surface area contributed by atoms with Crippen LogP contribution in [0, 0.1) is 0 Å². The summed E-state index contributed by atoms with van der Waals surface area (Å²) in [5.41, 5.74) is 4.29. The van der Waals surface area contributed by atoms with E-state index in [1.165, 1.54) is 6.08 Å². The van der Waals surface area contributed by atoms with Gasteiger partial charge < -0.3 is 0 Å². The first-order valence-electron chi connectivity index (χ1n) is 5.71. The highest BCUT2D eigenvalue weighted by Crippen LogP contribution is 2.36. The second-order valence-electron chi connectivity index (χ2n) is 4.17. The molecule has 86 valence electrons. The predicted molar refractivity (Wildman–Crippen MR) is 70.4 cm³/mol. The van der Waals surface area contributed by atoms with Gasteiger partial charge in [0.25, 0.3) is 0 Å². The molecule has 0 amide bonds. The molecule has 2 heteroatoms. The Balaban J connectivity index is 2.16. The Morgan fingerprint density at radius 1 is 0.833 bits per heavy atom. The number of rotatable bonds is 2. The minimum absolute atomic E-state index is 0.0574. The van der Waals surface area contributed by atoms with Crippen LogP contribution in [-0.2, 0) is 4.79 Å². The summed E-state index contributed by atoms with van der Waals surface area (Å²) < 4.78 is 0. The van der Waals surface area contributed by atoms with Crippen LogP contribution in [-0.4, -0.2) is 12.1 Å². The second-order valence-corrected chi connectivity index (χ2v) is 4.17. The molecule has 1 aliphatic carbocycles. The van der Waals surface area contributed by atoms with E-state index < -0.39 is 0 Å². The van der Waals surface area contributed by atoms with Crippen LogP contribution in [0.15, 0.2) is 48.5 Å². The van der Waals surface area contributed by atoms with Crippen LogP contribution in [0.25, 0.3) is 17.2 Å². The molecule has 18 heavy (non-hydrogen) atoms. The lowest BCUT2D eigenvalue weighted by Gasteiger charge is -2.00. The molecular weight excluding hydrogens is 224 g/mol. The van der Waals surface area contributed by atoms with Crippen LogP contribution in [0.1, 0.15) is 21.5 Å². The van der Waals surface area contributed by atoms with E-state index in [9.17, 15) is 9.59 Å². The fourth-order valence-electron chi connectivity index (χ4n) is 2.30. The smallest absolute Gasteiger partial charge is 0.194 e. The Kier molecular flexibility index (Phi) is 2.41. The van der Waals surface area contributed by atoms with Crippen molar-refractivity contribution in [3.8, 4) is 11.1 Å². The minimum atomic E-state index is 0.0574. The Hall–Kier alpha value is -2.48. The standard InChI is InChI=1S/C16H10O2/c17-9-3-4-11-7-8-13-12-5-1-2-6-14(12)16(18)15(13)10-11/h1-10H. The maximum atomic E-state index is 12.2. The van der Waals surface area contributed by atoms with Crippen LogP contribution in [0.4, 0.5) is 0 Å². The van der Waals surface area contributed by atoms with Gasteiger partial charge in [-0.2, -0.15) is 0 Å². The highest BCUT2D eigenvalue weighted by Gasteiger charge is 2.25. The van der Waals surface area contributed by atoms with E-state index in [0.717, 1.165) is 28.5 Å². The summed E-state index contributed by atoms with van der Waals surface area (Å²) in [6.07, 6.45) is 3.85. The van der Waals surface area contributed by atoms with E-state index >= 15 is 0 Å². The van der Waals surface area contributed by atoms with Gasteiger partial charge in [-0.3, -0.25) is 9.59 Å². The summed E-state index contributed by atoms with van der Waals surface area (Å²) in [6, 6.07) is 13.3. The lowest BCUT2D eigenvalue weighted by molar-refractivity contribution is -0.104.